The predicted octanol–water partition coefficient (Wildman–Crippen LogP) is 3.79. The summed E-state index contributed by atoms with van der Waals surface area (Å²) in [5.74, 6) is 2.53. The first kappa shape index (κ1) is 18.2. The highest BCUT2D eigenvalue weighted by Crippen LogP contribution is 2.39. The van der Waals surface area contributed by atoms with E-state index in [2.05, 4.69) is 27.0 Å². The number of anilines is 1. The molecule has 1 fully saturated rings. The zero-order valence-corrected chi connectivity index (χ0v) is 17.4. The van der Waals surface area contributed by atoms with Gasteiger partial charge >= 0.3 is 0 Å². The second kappa shape index (κ2) is 7.01. The van der Waals surface area contributed by atoms with Crippen molar-refractivity contribution in [3.8, 4) is 11.1 Å². The van der Waals surface area contributed by atoms with Crippen LogP contribution in [0.1, 0.15) is 23.9 Å². The van der Waals surface area contributed by atoms with Crippen LogP contribution in [-0.4, -0.2) is 32.6 Å². The first-order valence-corrected chi connectivity index (χ1v) is 10.8. The highest BCUT2D eigenvalue weighted by atomic mass is 16.1. The number of piperidine rings is 1. The summed E-state index contributed by atoms with van der Waals surface area (Å²) in [6.45, 7) is 4.48. The molecule has 4 aromatic rings. The largest absolute Gasteiger partial charge is 0.355 e. The van der Waals surface area contributed by atoms with E-state index >= 15 is 0 Å². The minimum absolute atomic E-state index is 0.0860. The van der Waals surface area contributed by atoms with Gasteiger partial charge in [-0.1, -0.05) is 18.2 Å². The number of rotatable bonds is 2. The van der Waals surface area contributed by atoms with Gasteiger partial charge in [-0.25, -0.2) is 9.97 Å². The van der Waals surface area contributed by atoms with Gasteiger partial charge in [-0.05, 0) is 49.1 Å². The molecule has 1 aromatic carbocycles. The Labute approximate surface area is 180 Å². The second-order valence-corrected chi connectivity index (χ2v) is 8.67. The van der Waals surface area contributed by atoms with Crippen LogP contribution in [0.2, 0.25) is 0 Å². The van der Waals surface area contributed by atoms with Crippen molar-refractivity contribution in [3.63, 3.8) is 0 Å². The number of benzene rings is 1. The maximum atomic E-state index is 13.0. The summed E-state index contributed by atoms with van der Waals surface area (Å²) in [5, 5.41) is 1.09. The van der Waals surface area contributed by atoms with Gasteiger partial charge in [0.05, 0.1) is 5.52 Å². The van der Waals surface area contributed by atoms with Gasteiger partial charge in [0.2, 0.25) is 0 Å². The van der Waals surface area contributed by atoms with Crippen LogP contribution in [0.5, 0.6) is 0 Å². The molecule has 2 atom stereocenters. The summed E-state index contributed by atoms with van der Waals surface area (Å²) < 4.78 is 1.99. The maximum absolute atomic E-state index is 13.0. The van der Waals surface area contributed by atoms with Gasteiger partial charge in [0.1, 0.15) is 11.6 Å². The summed E-state index contributed by atoms with van der Waals surface area (Å²) >= 11 is 0. The second-order valence-electron chi connectivity index (χ2n) is 8.67. The van der Waals surface area contributed by atoms with Gasteiger partial charge in [0.25, 0.3) is 5.56 Å². The summed E-state index contributed by atoms with van der Waals surface area (Å²) in [7, 11) is 0. The van der Waals surface area contributed by atoms with Crippen molar-refractivity contribution < 1.29 is 0 Å². The van der Waals surface area contributed by atoms with Crippen molar-refractivity contribution in [2.24, 2.45) is 5.92 Å². The molecule has 6 rings (SSSR count). The number of aryl methyl sites for hydroxylation is 1. The molecule has 0 radical (unpaired) electrons. The van der Waals surface area contributed by atoms with Crippen molar-refractivity contribution in [2.75, 3.05) is 18.0 Å². The van der Waals surface area contributed by atoms with Gasteiger partial charge in [0, 0.05) is 60.7 Å². The average molecular weight is 409 g/mol. The molecule has 1 saturated heterocycles. The molecular formula is C25H23N5O. The van der Waals surface area contributed by atoms with E-state index in [-0.39, 0.29) is 5.56 Å². The van der Waals surface area contributed by atoms with Crippen molar-refractivity contribution in [3.05, 3.63) is 82.8 Å². The van der Waals surface area contributed by atoms with Crippen LogP contribution in [0.25, 0.3) is 22.0 Å². The normalized spacial score (nSPS) is 20.0. The van der Waals surface area contributed by atoms with E-state index in [1.165, 1.54) is 0 Å². The third kappa shape index (κ3) is 3.10. The zero-order valence-electron chi connectivity index (χ0n) is 17.4. The molecule has 0 amide bonds. The van der Waals surface area contributed by atoms with Crippen molar-refractivity contribution >= 4 is 16.7 Å². The molecule has 6 heteroatoms. The molecule has 0 N–H and O–H groups in total. The number of hydrogen-bond donors (Lipinski definition) is 0. The molecule has 3 aromatic heterocycles. The van der Waals surface area contributed by atoms with Gasteiger partial charge in [-0.3, -0.25) is 9.78 Å². The number of aromatic nitrogens is 4. The molecule has 5 heterocycles. The Hall–Kier alpha value is -3.54. The van der Waals surface area contributed by atoms with Gasteiger partial charge in [0.15, 0.2) is 0 Å². The third-order valence-electron chi connectivity index (χ3n) is 6.55. The number of hydrogen-bond acceptors (Lipinski definition) is 5. The average Bonchev–Trinajstić information content (AvgIpc) is 2.79. The van der Waals surface area contributed by atoms with E-state index in [9.17, 15) is 4.79 Å². The molecule has 31 heavy (non-hydrogen) atoms. The smallest absolute Gasteiger partial charge is 0.251 e. The van der Waals surface area contributed by atoms with Crippen LogP contribution >= 0.6 is 0 Å². The summed E-state index contributed by atoms with van der Waals surface area (Å²) in [4.78, 5) is 29.0. The highest BCUT2D eigenvalue weighted by Gasteiger charge is 2.36. The van der Waals surface area contributed by atoms with Crippen molar-refractivity contribution in [2.45, 2.75) is 25.8 Å². The molecule has 2 aliphatic heterocycles. The lowest BCUT2D eigenvalue weighted by Gasteiger charge is -2.43. The predicted molar refractivity (Wildman–Crippen MR) is 121 cm³/mol. The molecule has 6 nitrogen and oxygen atoms in total. The zero-order chi connectivity index (χ0) is 20.9. The monoisotopic (exact) mass is 409 g/mol. The van der Waals surface area contributed by atoms with E-state index in [0.29, 0.717) is 11.8 Å². The van der Waals surface area contributed by atoms with E-state index in [4.69, 9.17) is 4.98 Å². The quantitative estimate of drug-likeness (QED) is 0.504. The van der Waals surface area contributed by atoms with Crippen LogP contribution in [0.4, 0.5) is 5.82 Å². The SMILES string of the molecule is Cc1nc(N2C[C@@H]3C[C@H](C2)c2cc(-c4cccnc4)cc(=O)n2C3)c2ccccc2n1. The molecule has 0 saturated carbocycles. The highest BCUT2D eigenvalue weighted by molar-refractivity contribution is 5.89. The fourth-order valence-electron chi connectivity index (χ4n) is 5.25. The van der Waals surface area contributed by atoms with E-state index in [1.807, 2.05) is 48.0 Å². The van der Waals surface area contributed by atoms with Gasteiger partial charge in [-0.15, -0.1) is 0 Å². The van der Waals surface area contributed by atoms with Crippen LogP contribution in [-0.2, 0) is 6.54 Å². The fraction of sp³-hybridized carbons (Fsp3) is 0.280. The van der Waals surface area contributed by atoms with Gasteiger partial charge in [-0.2, -0.15) is 0 Å². The number of nitrogens with zero attached hydrogens (tertiary/aromatic N) is 5. The first-order chi connectivity index (χ1) is 15.2. The molecule has 2 aliphatic rings. The molecule has 2 bridgehead atoms. The van der Waals surface area contributed by atoms with Crippen molar-refractivity contribution in [1.29, 1.82) is 0 Å². The Balaban J connectivity index is 1.42. The van der Waals surface area contributed by atoms with Crippen molar-refractivity contribution in [1.82, 2.24) is 19.5 Å². The number of pyridine rings is 2. The molecule has 0 unspecified atom stereocenters. The minimum Gasteiger partial charge on any atom is -0.355 e. The molecule has 0 aliphatic carbocycles. The Morgan fingerprint density at radius 3 is 2.74 bits per heavy atom. The summed E-state index contributed by atoms with van der Waals surface area (Å²) in [6.07, 6.45) is 4.68. The fourth-order valence-corrected chi connectivity index (χ4v) is 5.25. The van der Waals surface area contributed by atoms with Crippen LogP contribution in [0.15, 0.2) is 65.7 Å². The van der Waals surface area contributed by atoms with Crippen LogP contribution in [0.3, 0.4) is 0 Å². The van der Waals surface area contributed by atoms with Gasteiger partial charge < -0.3 is 9.47 Å². The lowest BCUT2D eigenvalue weighted by atomic mass is 9.82. The first-order valence-electron chi connectivity index (χ1n) is 10.8. The maximum Gasteiger partial charge on any atom is 0.251 e. The Morgan fingerprint density at radius 2 is 1.87 bits per heavy atom. The van der Waals surface area contributed by atoms with E-state index in [1.54, 1.807) is 12.3 Å². The Bertz CT molecular complexity index is 1350. The third-order valence-corrected chi connectivity index (χ3v) is 6.55. The lowest BCUT2D eigenvalue weighted by Crippen LogP contribution is -2.47. The number of fused-ring (bicyclic) bond motifs is 5. The van der Waals surface area contributed by atoms with Crippen LogP contribution in [0, 0.1) is 12.8 Å². The molecule has 0 spiro atoms. The Morgan fingerprint density at radius 1 is 0.968 bits per heavy atom. The summed E-state index contributed by atoms with van der Waals surface area (Å²) in [6, 6.07) is 16.1. The van der Waals surface area contributed by atoms with Crippen LogP contribution < -0.4 is 10.5 Å². The topological polar surface area (TPSA) is 63.9 Å². The lowest BCUT2D eigenvalue weighted by molar-refractivity contribution is 0.281. The molecule has 154 valence electrons. The molecular weight excluding hydrogens is 386 g/mol. The standard InChI is InChI=1S/C25H23N5O/c1-16-27-22-7-3-2-6-21(22)25(28-16)29-13-17-9-20(15-29)23-10-19(11-24(31)30(23)14-17)18-5-4-8-26-12-18/h2-8,10-12,17,20H,9,13-15H2,1H3/t17-,20+/m0/s1. The minimum atomic E-state index is 0.0860. The Kier molecular flexibility index (Phi) is 4.13. The van der Waals surface area contributed by atoms with E-state index in [0.717, 1.165) is 65.4 Å². The van der Waals surface area contributed by atoms with E-state index < -0.39 is 0 Å². The number of para-hydroxylation sites is 1. The summed E-state index contributed by atoms with van der Waals surface area (Å²) in [5.41, 5.74) is 4.12.